The number of rotatable bonds is 6. The van der Waals surface area contributed by atoms with Crippen molar-refractivity contribution in [2.45, 2.75) is 43.2 Å². The molecule has 0 atom stereocenters. The largest absolute Gasteiger partial charge is 0.326 e. The van der Waals surface area contributed by atoms with Gasteiger partial charge in [-0.05, 0) is 46.3 Å². The van der Waals surface area contributed by atoms with E-state index < -0.39 is 10.0 Å². The van der Waals surface area contributed by atoms with Crippen molar-refractivity contribution < 1.29 is 8.42 Å². The summed E-state index contributed by atoms with van der Waals surface area (Å²) < 4.78 is 27.1. The topological polar surface area (TPSA) is 66.6 Å². The second-order valence-electron chi connectivity index (χ2n) is 6.07. The molecule has 0 aromatic carbocycles. The third kappa shape index (κ3) is 3.03. The highest BCUT2D eigenvalue weighted by Gasteiger charge is 2.42. The maximum atomic E-state index is 12.8. The van der Waals surface area contributed by atoms with Crippen LogP contribution in [0, 0.1) is 6.92 Å². The normalized spacial score (nSPS) is 18.2. The minimum absolute atomic E-state index is 0.0115. The van der Waals surface area contributed by atoms with Gasteiger partial charge in [-0.25, -0.2) is 8.42 Å². The number of nitrogens with two attached hydrogens (primary N) is 1. The molecule has 1 saturated carbocycles. The molecular formula is C14H25N3O2S2. The van der Waals surface area contributed by atoms with Crippen molar-refractivity contribution >= 4 is 21.4 Å². The molecule has 0 spiro atoms. The van der Waals surface area contributed by atoms with Crippen molar-refractivity contribution in [1.29, 1.82) is 0 Å². The van der Waals surface area contributed by atoms with Crippen molar-refractivity contribution in [1.82, 2.24) is 9.21 Å². The number of sulfonamides is 1. The highest BCUT2D eigenvalue weighted by molar-refractivity contribution is 7.89. The number of aryl methyl sites for hydroxylation is 1. The van der Waals surface area contributed by atoms with Gasteiger partial charge in [0.05, 0.1) is 4.90 Å². The van der Waals surface area contributed by atoms with Crippen molar-refractivity contribution in [2.75, 3.05) is 27.7 Å². The molecule has 1 heterocycles. The molecule has 0 amide bonds. The van der Waals surface area contributed by atoms with Crippen LogP contribution in [-0.4, -0.2) is 50.8 Å². The summed E-state index contributed by atoms with van der Waals surface area (Å²) in [5, 5.41) is 0. The molecule has 120 valence electrons. The zero-order valence-electron chi connectivity index (χ0n) is 13.2. The fourth-order valence-electron chi connectivity index (χ4n) is 2.88. The van der Waals surface area contributed by atoms with Crippen LogP contribution in [0.25, 0.3) is 0 Å². The van der Waals surface area contributed by atoms with Gasteiger partial charge in [-0.3, -0.25) is 0 Å². The maximum absolute atomic E-state index is 12.8. The number of nitrogens with zero attached hydrogens (tertiary/aromatic N) is 2. The van der Waals surface area contributed by atoms with Gasteiger partial charge in [-0.15, -0.1) is 11.3 Å². The summed E-state index contributed by atoms with van der Waals surface area (Å²) in [6, 6.07) is 1.72. The molecule has 0 bridgehead atoms. The van der Waals surface area contributed by atoms with Gasteiger partial charge in [0.25, 0.3) is 0 Å². The molecule has 2 rings (SSSR count). The molecule has 1 aliphatic carbocycles. The Balaban J connectivity index is 2.24. The molecule has 1 aromatic heterocycles. The SMILES string of the molecule is Cc1sc(CN)cc1S(=O)(=O)N(C)CC1(N(C)C)CCC1. The third-order valence-electron chi connectivity index (χ3n) is 4.56. The molecule has 0 unspecified atom stereocenters. The lowest BCUT2D eigenvalue weighted by Crippen LogP contribution is -2.57. The van der Waals surface area contributed by atoms with Crippen LogP contribution >= 0.6 is 11.3 Å². The molecule has 2 N–H and O–H groups in total. The molecule has 0 saturated heterocycles. The van der Waals surface area contributed by atoms with Gasteiger partial charge in [-0.2, -0.15) is 4.31 Å². The van der Waals surface area contributed by atoms with Crippen molar-refractivity contribution in [2.24, 2.45) is 5.73 Å². The van der Waals surface area contributed by atoms with Crippen molar-refractivity contribution in [3.05, 3.63) is 15.8 Å². The molecular weight excluding hydrogens is 306 g/mol. The molecule has 1 fully saturated rings. The maximum Gasteiger partial charge on any atom is 0.243 e. The second kappa shape index (κ2) is 5.96. The Morgan fingerprint density at radius 3 is 2.33 bits per heavy atom. The minimum Gasteiger partial charge on any atom is -0.326 e. The van der Waals surface area contributed by atoms with Crippen LogP contribution in [-0.2, 0) is 16.6 Å². The lowest BCUT2D eigenvalue weighted by Gasteiger charge is -2.48. The van der Waals surface area contributed by atoms with E-state index in [1.807, 2.05) is 21.0 Å². The summed E-state index contributed by atoms with van der Waals surface area (Å²) in [6.07, 6.45) is 3.27. The van der Waals surface area contributed by atoms with Crippen LogP contribution < -0.4 is 5.73 Å². The number of likely N-dealkylation sites (N-methyl/N-ethyl adjacent to an activating group) is 2. The number of hydrogen-bond donors (Lipinski definition) is 1. The van der Waals surface area contributed by atoms with Crippen LogP contribution in [0.15, 0.2) is 11.0 Å². The standard InChI is InChI=1S/C14H25N3O2S2/c1-11-13(8-12(9-15)20-11)21(18,19)17(4)10-14(16(2)3)6-5-7-14/h8H,5-7,9-10,15H2,1-4H3. The molecule has 0 aliphatic heterocycles. The van der Waals surface area contributed by atoms with E-state index in [-0.39, 0.29) is 5.54 Å². The van der Waals surface area contributed by atoms with Crippen molar-refractivity contribution in [3.63, 3.8) is 0 Å². The first-order valence-corrected chi connectivity index (χ1v) is 9.42. The first-order chi connectivity index (χ1) is 9.73. The first kappa shape index (κ1) is 16.9. The summed E-state index contributed by atoms with van der Waals surface area (Å²) in [4.78, 5) is 4.29. The quantitative estimate of drug-likeness (QED) is 0.860. The summed E-state index contributed by atoms with van der Waals surface area (Å²) >= 11 is 1.46. The predicted octanol–water partition coefficient (Wildman–Crippen LogP) is 1.62. The Kier molecular flexibility index (Phi) is 4.80. The summed E-state index contributed by atoms with van der Waals surface area (Å²) in [6.45, 7) is 2.76. The molecule has 1 aliphatic rings. The molecule has 1 aromatic rings. The fourth-order valence-corrected chi connectivity index (χ4v) is 5.61. The third-order valence-corrected chi connectivity index (χ3v) is 7.69. The van der Waals surface area contributed by atoms with E-state index in [2.05, 4.69) is 4.90 Å². The van der Waals surface area contributed by atoms with E-state index in [0.29, 0.717) is 18.0 Å². The van der Waals surface area contributed by atoms with E-state index >= 15 is 0 Å². The van der Waals surface area contributed by atoms with E-state index in [1.165, 1.54) is 22.1 Å². The van der Waals surface area contributed by atoms with Crippen molar-refractivity contribution in [3.8, 4) is 0 Å². The highest BCUT2D eigenvalue weighted by atomic mass is 32.2. The molecule has 5 nitrogen and oxygen atoms in total. The average molecular weight is 332 g/mol. The minimum atomic E-state index is -3.44. The van der Waals surface area contributed by atoms with E-state index in [1.54, 1.807) is 13.1 Å². The van der Waals surface area contributed by atoms with Crippen LogP contribution in [0.4, 0.5) is 0 Å². The predicted molar refractivity (Wildman–Crippen MR) is 87.0 cm³/mol. The zero-order chi connectivity index (χ0) is 15.8. The van der Waals surface area contributed by atoms with Gasteiger partial charge >= 0.3 is 0 Å². The van der Waals surface area contributed by atoms with Crippen LogP contribution in [0.1, 0.15) is 29.0 Å². The zero-order valence-corrected chi connectivity index (χ0v) is 14.9. The Hall–Kier alpha value is -0.470. The number of hydrogen-bond acceptors (Lipinski definition) is 5. The average Bonchev–Trinajstić information content (AvgIpc) is 2.74. The second-order valence-corrected chi connectivity index (χ2v) is 9.42. The summed E-state index contributed by atoms with van der Waals surface area (Å²) in [7, 11) is 2.30. The van der Waals surface area contributed by atoms with Gasteiger partial charge in [0.15, 0.2) is 0 Å². The summed E-state index contributed by atoms with van der Waals surface area (Å²) in [5.41, 5.74) is 5.61. The molecule has 7 heteroatoms. The smallest absolute Gasteiger partial charge is 0.243 e. The lowest BCUT2D eigenvalue weighted by atomic mass is 9.75. The van der Waals surface area contributed by atoms with Gasteiger partial charge in [0.2, 0.25) is 10.0 Å². The summed E-state index contributed by atoms with van der Waals surface area (Å²) in [5.74, 6) is 0. The Bertz CT molecular complexity index is 604. The first-order valence-electron chi connectivity index (χ1n) is 7.16. The highest BCUT2D eigenvalue weighted by Crippen LogP contribution is 2.38. The number of thiophene rings is 1. The molecule has 21 heavy (non-hydrogen) atoms. The fraction of sp³-hybridized carbons (Fsp3) is 0.714. The van der Waals surface area contributed by atoms with Crippen LogP contribution in [0.2, 0.25) is 0 Å². The van der Waals surface area contributed by atoms with Gasteiger partial charge in [-0.1, -0.05) is 0 Å². The van der Waals surface area contributed by atoms with Gasteiger partial charge in [0, 0.05) is 35.4 Å². The lowest BCUT2D eigenvalue weighted by molar-refractivity contribution is 0.0455. The Morgan fingerprint density at radius 1 is 1.33 bits per heavy atom. The van der Waals surface area contributed by atoms with E-state index in [9.17, 15) is 8.42 Å². The monoisotopic (exact) mass is 331 g/mol. The van der Waals surface area contributed by atoms with Crippen LogP contribution in [0.3, 0.4) is 0 Å². The van der Waals surface area contributed by atoms with Gasteiger partial charge < -0.3 is 10.6 Å². The van der Waals surface area contributed by atoms with Crippen LogP contribution in [0.5, 0.6) is 0 Å². The Labute approximate surface area is 131 Å². The van der Waals surface area contributed by atoms with E-state index in [4.69, 9.17) is 5.73 Å². The van der Waals surface area contributed by atoms with Gasteiger partial charge in [0.1, 0.15) is 0 Å². The van der Waals surface area contributed by atoms with E-state index in [0.717, 1.165) is 22.6 Å². The molecule has 0 radical (unpaired) electrons. The Morgan fingerprint density at radius 2 is 1.95 bits per heavy atom.